The third-order valence-electron chi connectivity index (χ3n) is 3.42. The number of benzene rings is 1. The summed E-state index contributed by atoms with van der Waals surface area (Å²) < 4.78 is 27.2. The van der Waals surface area contributed by atoms with Gasteiger partial charge in [-0.05, 0) is 47.7 Å². The van der Waals surface area contributed by atoms with E-state index in [1.54, 1.807) is 17.4 Å². The van der Waals surface area contributed by atoms with Gasteiger partial charge in [0.15, 0.2) is 11.6 Å². The van der Waals surface area contributed by atoms with Crippen LogP contribution >= 0.6 is 11.3 Å². The Kier molecular flexibility index (Phi) is 3.94. The van der Waals surface area contributed by atoms with Crippen LogP contribution in [0.4, 0.5) is 8.78 Å². The molecule has 0 aliphatic rings. The second kappa shape index (κ2) is 5.87. The van der Waals surface area contributed by atoms with E-state index >= 15 is 0 Å². The van der Waals surface area contributed by atoms with Crippen molar-refractivity contribution in [3.05, 3.63) is 64.7 Å². The molecule has 0 fully saturated rings. The van der Waals surface area contributed by atoms with Gasteiger partial charge >= 0.3 is 0 Å². The van der Waals surface area contributed by atoms with E-state index in [-0.39, 0.29) is 6.04 Å². The van der Waals surface area contributed by atoms with Crippen LogP contribution in [0, 0.1) is 11.6 Å². The number of nitrogens with zero attached hydrogens (tertiary/aromatic N) is 1. The van der Waals surface area contributed by atoms with Crippen LogP contribution in [0.25, 0.3) is 10.2 Å². The van der Waals surface area contributed by atoms with Crippen LogP contribution in [-0.2, 0) is 6.54 Å². The van der Waals surface area contributed by atoms with Crippen molar-refractivity contribution >= 4 is 21.6 Å². The van der Waals surface area contributed by atoms with Crippen LogP contribution in [-0.4, -0.2) is 4.98 Å². The van der Waals surface area contributed by atoms with E-state index in [4.69, 9.17) is 0 Å². The maximum atomic E-state index is 13.2. The molecule has 0 saturated carbocycles. The van der Waals surface area contributed by atoms with Crippen molar-refractivity contribution in [3.8, 4) is 0 Å². The zero-order valence-corrected chi connectivity index (χ0v) is 12.3. The fourth-order valence-corrected chi connectivity index (χ4v) is 2.93. The van der Waals surface area contributed by atoms with Gasteiger partial charge in [0.05, 0.1) is 10.2 Å². The molecule has 21 heavy (non-hydrogen) atoms. The maximum absolute atomic E-state index is 13.2. The first-order chi connectivity index (χ1) is 10.1. The lowest BCUT2D eigenvalue weighted by Crippen LogP contribution is -2.18. The summed E-state index contributed by atoms with van der Waals surface area (Å²) in [6, 6.07) is 8.13. The molecule has 0 aliphatic heterocycles. The molecule has 1 aromatic carbocycles. The predicted molar refractivity (Wildman–Crippen MR) is 81.2 cm³/mol. The van der Waals surface area contributed by atoms with Crippen LogP contribution < -0.4 is 5.32 Å². The maximum Gasteiger partial charge on any atom is 0.159 e. The minimum atomic E-state index is -0.820. The Morgan fingerprint density at radius 2 is 2.05 bits per heavy atom. The number of hydrogen-bond donors (Lipinski definition) is 1. The Morgan fingerprint density at radius 1 is 1.19 bits per heavy atom. The average molecular weight is 304 g/mol. The summed E-state index contributed by atoms with van der Waals surface area (Å²) in [6.45, 7) is 2.50. The van der Waals surface area contributed by atoms with Gasteiger partial charge in [-0.2, -0.15) is 0 Å². The van der Waals surface area contributed by atoms with Gasteiger partial charge in [0, 0.05) is 18.8 Å². The molecule has 0 bridgehead atoms. The highest BCUT2D eigenvalue weighted by Crippen LogP contribution is 2.22. The predicted octanol–water partition coefficient (Wildman–Crippen LogP) is 4.43. The summed E-state index contributed by atoms with van der Waals surface area (Å²) in [6.07, 6.45) is 1.85. The van der Waals surface area contributed by atoms with Gasteiger partial charge in [0.1, 0.15) is 0 Å². The topological polar surface area (TPSA) is 24.9 Å². The van der Waals surface area contributed by atoms with Gasteiger partial charge in [0.2, 0.25) is 0 Å². The molecule has 108 valence electrons. The first-order valence-corrected chi connectivity index (χ1v) is 7.52. The lowest BCUT2D eigenvalue weighted by Gasteiger charge is -2.14. The molecule has 0 aliphatic carbocycles. The second-order valence-corrected chi connectivity index (χ2v) is 5.87. The zero-order chi connectivity index (χ0) is 14.8. The Morgan fingerprint density at radius 3 is 2.86 bits per heavy atom. The lowest BCUT2D eigenvalue weighted by molar-refractivity contribution is 0.504. The summed E-state index contributed by atoms with van der Waals surface area (Å²) >= 11 is 1.66. The molecular weight excluding hydrogens is 290 g/mol. The normalized spacial score (nSPS) is 12.7. The Balaban J connectivity index is 1.70. The molecule has 2 nitrogen and oxygen atoms in total. The summed E-state index contributed by atoms with van der Waals surface area (Å²) in [5.74, 6) is -1.64. The second-order valence-electron chi connectivity index (χ2n) is 4.92. The molecule has 2 aromatic heterocycles. The van der Waals surface area contributed by atoms with E-state index < -0.39 is 11.6 Å². The Hall–Kier alpha value is -1.85. The average Bonchev–Trinajstić information content (AvgIpc) is 2.95. The fraction of sp³-hybridized carbons (Fsp3) is 0.188. The number of pyridine rings is 1. The number of hydrogen-bond acceptors (Lipinski definition) is 3. The van der Waals surface area contributed by atoms with Crippen molar-refractivity contribution in [2.75, 3.05) is 0 Å². The van der Waals surface area contributed by atoms with E-state index in [0.29, 0.717) is 12.1 Å². The van der Waals surface area contributed by atoms with E-state index in [1.165, 1.54) is 6.07 Å². The van der Waals surface area contributed by atoms with Crippen LogP contribution in [0.3, 0.4) is 0 Å². The number of rotatable bonds is 4. The number of halogens is 2. The summed E-state index contributed by atoms with van der Waals surface area (Å²) in [5, 5.41) is 5.31. The molecule has 0 saturated heterocycles. The van der Waals surface area contributed by atoms with E-state index in [2.05, 4.69) is 16.4 Å². The standard InChI is InChI=1S/C16H14F2N2S/c1-10(12-7-16-15(20-9-12)4-5-21-16)19-8-11-2-3-13(17)14(18)6-11/h2-7,9-10,19H,8H2,1H3. The number of aromatic nitrogens is 1. The molecule has 1 N–H and O–H groups in total. The highest BCUT2D eigenvalue weighted by Gasteiger charge is 2.08. The first kappa shape index (κ1) is 14.1. The van der Waals surface area contributed by atoms with Crippen molar-refractivity contribution in [2.45, 2.75) is 19.5 Å². The first-order valence-electron chi connectivity index (χ1n) is 6.64. The number of fused-ring (bicyclic) bond motifs is 1. The smallest absolute Gasteiger partial charge is 0.159 e. The molecule has 2 heterocycles. The van der Waals surface area contributed by atoms with Crippen LogP contribution in [0.1, 0.15) is 24.1 Å². The molecule has 3 rings (SSSR count). The summed E-state index contributed by atoms with van der Waals surface area (Å²) in [5.41, 5.74) is 2.79. The Labute approximate surface area is 125 Å². The zero-order valence-electron chi connectivity index (χ0n) is 11.4. The third kappa shape index (κ3) is 3.09. The largest absolute Gasteiger partial charge is 0.306 e. The van der Waals surface area contributed by atoms with Crippen molar-refractivity contribution in [1.29, 1.82) is 0 Å². The van der Waals surface area contributed by atoms with E-state index in [0.717, 1.165) is 21.8 Å². The van der Waals surface area contributed by atoms with E-state index in [1.807, 2.05) is 24.6 Å². The SMILES string of the molecule is CC(NCc1ccc(F)c(F)c1)c1cnc2ccsc2c1. The monoisotopic (exact) mass is 304 g/mol. The minimum Gasteiger partial charge on any atom is -0.306 e. The minimum absolute atomic E-state index is 0.0807. The lowest BCUT2D eigenvalue weighted by atomic mass is 10.1. The van der Waals surface area contributed by atoms with Gasteiger partial charge in [-0.25, -0.2) is 8.78 Å². The molecule has 0 radical (unpaired) electrons. The molecular formula is C16H14F2N2S. The molecule has 3 aromatic rings. The molecule has 1 unspecified atom stereocenters. The van der Waals surface area contributed by atoms with Crippen molar-refractivity contribution in [2.24, 2.45) is 0 Å². The molecule has 0 amide bonds. The van der Waals surface area contributed by atoms with E-state index in [9.17, 15) is 8.78 Å². The van der Waals surface area contributed by atoms with Crippen LogP contribution in [0.5, 0.6) is 0 Å². The van der Waals surface area contributed by atoms with Crippen LogP contribution in [0.2, 0.25) is 0 Å². The van der Waals surface area contributed by atoms with Gasteiger partial charge in [-0.1, -0.05) is 6.07 Å². The number of nitrogens with one attached hydrogen (secondary N) is 1. The van der Waals surface area contributed by atoms with Crippen LogP contribution in [0.15, 0.2) is 41.9 Å². The summed E-state index contributed by atoms with van der Waals surface area (Å²) in [4.78, 5) is 4.40. The summed E-state index contributed by atoms with van der Waals surface area (Å²) in [7, 11) is 0. The fourth-order valence-electron chi connectivity index (χ4n) is 2.14. The number of thiophene rings is 1. The third-order valence-corrected chi connectivity index (χ3v) is 4.27. The Bertz CT molecular complexity index is 770. The molecule has 0 spiro atoms. The molecule has 1 atom stereocenters. The van der Waals surface area contributed by atoms with Crippen molar-refractivity contribution in [3.63, 3.8) is 0 Å². The molecule has 5 heteroatoms. The van der Waals surface area contributed by atoms with Gasteiger partial charge in [-0.15, -0.1) is 11.3 Å². The quantitative estimate of drug-likeness (QED) is 0.771. The van der Waals surface area contributed by atoms with Crippen molar-refractivity contribution in [1.82, 2.24) is 10.3 Å². The van der Waals surface area contributed by atoms with Gasteiger partial charge < -0.3 is 5.32 Å². The van der Waals surface area contributed by atoms with Gasteiger partial charge in [-0.3, -0.25) is 4.98 Å². The van der Waals surface area contributed by atoms with Gasteiger partial charge in [0.25, 0.3) is 0 Å². The highest BCUT2D eigenvalue weighted by molar-refractivity contribution is 7.17. The van der Waals surface area contributed by atoms with Crippen molar-refractivity contribution < 1.29 is 8.78 Å². The highest BCUT2D eigenvalue weighted by atomic mass is 32.1.